The van der Waals surface area contributed by atoms with Crippen LogP contribution < -0.4 is 0 Å². The molecule has 0 saturated carbocycles. The predicted octanol–water partition coefficient (Wildman–Crippen LogP) is 6.19. The number of hydrogen-bond acceptors (Lipinski definition) is 4. The van der Waals surface area contributed by atoms with E-state index < -0.39 is 13.9 Å². The van der Waals surface area contributed by atoms with Gasteiger partial charge in [0, 0.05) is 16.5 Å². The van der Waals surface area contributed by atoms with Crippen LogP contribution in [-0.4, -0.2) is 25.0 Å². The number of nitrogens with zero attached hydrogens (tertiary/aromatic N) is 1. The van der Waals surface area contributed by atoms with Crippen molar-refractivity contribution in [2.75, 3.05) is 6.61 Å². The Morgan fingerprint density at radius 3 is 2.56 bits per heavy atom. The number of pyridine rings is 1. The van der Waals surface area contributed by atoms with Crippen molar-refractivity contribution in [2.45, 2.75) is 51.4 Å². The maximum Gasteiger partial charge on any atom is 0.192 e. The van der Waals surface area contributed by atoms with E-state index in [0.29, 0.717) is 0 Å². The molecule has 0 bridgehead atoms. The summed E-state index contributed by atoms with van der Waals surface area (Å²) < 4.78 is 7.51. The van der Waals surface area contributed by atoms with Gasteiger partial charge in [0.15, 0.2) is 8.32 Å². The first kappa shape index (κ1) is 20.2. The van der Waals surface area contributed by atoms with E-state index in [9.17, 15) is 5.11 Å². The average molecular weight is 400 g/mol. The summed E-state index contributed by atoms with van der Waals surface area (Å²) in [6, 6.07) is 12.2. The molecular formula is C22H29NO2SSi. The fourth-order valence-electron chi connectivity index (χ4n) is 2.73. The van der Waals surface area contributed by atoms with Crippen molar-refractivity contribution >= 4 is 29.7 Å². The van der Waals surface area contributed by atoms with E-state index in [-0.39, 0.29) is 11.6 Å². The molecule has 2 heterocycles. The highest BCUT2D eigenvalue weighted by Gasteiger charge is 2.39. The molecule has 0 spiro atoms. The van der Waals surface area contributed by atoms with Crippen LogP contribution in [0.25, 0.3) is 21.3 Å². The van der Waals surface area contributed by atoms with Gasteiger partial charge in [0.2, 0.25) is 0 Å². The lowest BCUT2D eigenvalue weighted by atomic mass is 9.96. The summed E-state index contributed by atoms with van der Waals surface area (Å²) in [5.41, 5.74) is 1.76. The van der Waals surface area contributed by atoms with Crippen molar-refractivity contribution < 1.29 is 9.53 Å². The summed E-state index contributed by atoms with van der Waals surface area (Å²) in [6.07, 6.45) is 1.78. The molecule has 27 heavy (non-hydrogen) atoms. The highest BCUT2D eigenvalue weighted by atomic mass is 32.1. The van der Waals surface area contributed by atoms with Crippen molar-refractivity contribution in [1.29, 1.82) is 0 Å². The molecule has 3 aromatic rings. The Morgan fingerprint density at radius 2 is 1.85 bits per heavy atom. The first-order valence-corrected chi connectivity index (χ1v) is 13.1. The van der Waals surface area contributed by atoms with Crippen molar-refractivity contribution in [1.82, 2.24) is 4.98 Å². The predicted molar refractivity (Wildman–Crippen MR) is 118 cm³/mol. The van der Waals surface area contributed by atoms with Crippen LogP contribution in [0, 0.1) is 0 Å². The third kappa shape index (κ3) is 4.16. The van der Waals surface area contributed by atoms with Crippen LogP contribution in [0.4, 0.5) is 0 Å². The third-order valence-electron chi connectivity index (χ3n) is 5.66. The van der Waals surface area contributed by atoms with E-state index >= 15 is 0 Å². The second kappa shape index (κ2) is 7.13. The number of aromatic nitrogens is 1. The molecule has 2 aromatic heterocycles. The largest absolute Gasteiger partial charge is 0.414 e. The molecule has 3 nitrogen and oxygen atoms in total. The van der Waals surface area contributed by atoms with Gasteiger partial charge in [-0.2, -0.15) is 0 Å². The van der Waals surface area contributed by atoms with Crippen LogP contribution in [0.1, 0.15) is 33.3 Å². The topological polar surface area (TPSA) is 42.4 Å². The number of fused-ring (bicyclic) bond motifs is 1. The first-order valence-electron chi connectivity index (χ1n) is 9.31. The zero-order valence-electron chi connectivity index (χ0n) is 17.0. The normalized spacial score (nSPS) is 15.1. The standard InChI is InChI=1S/C22H29NO2SSi/c1-21(2,3)27(5,6)25-15-22(4,24)17-10-12-23-19(14-17)18-9-7-8-16-11-13-26-20(16)18/h7-14,24H,15H2,1-6H3. The minimum Gasteiger partial charge on any atom is -0.414 e. The molecule has 1 aromatic carbocycles. The van der Waals surface area contributed by atoms with E-state index in [1.807, 2.05) is 19.1 Å². The van der Waals surface area contributed by atoms with Crippen LogP contribution in [0.15, 0.2) is 48.0 Å². The molecule has 0 aliphatic heterocycles. The molecule has 0 amide bonds. The Kier molecular flexibility index (Phi) is 5.34. The lowest BCUT2D eigenvalue weighted by Crippen LogP contribution is -2.44. The van der Waals surface area contributed by atoms with Crippen molar-refractivity contribution in [2.24, 2.45) is 0 Å². The van der Waals surface area contributed by atoms with E-state index in [4.69, 9.17) is 4.43 Å². The number of thiophene rings is 1. The lowest BCUT2D eigenvalue weighted by molar-refractivity contribution is 0.00258. The molecular weight excluding hydrogens is 370 g/mol. The highest BCUT2D eigenvalue weighted by molar-refractivity contribution is 7.17. The zero-order valence-corrected chi connectivity index (χ0v) is 18.9. The molecule has 1 unspecified atom stereocenters. The Balaban J connectivity index is 1.89. The Labute approximate surface area is 167 Å². The van der Waals surface area contributed by atoms with Gasteiger partial charge in [0.1, 0.15) is 5.60 Å². The molecule has 0 fully saturated rings. The molecule has 5 heteroatoms. The van der Waals surface area contributed by atoms with Crippen molar-refractivity contribution in [3.63, 3.8) is 0 Å². The Morgan fingerprint density at radius 1 is 1.11 bits per heavy atom. The summed E-state index contributed by atoms with van der Waals surface area (Å²) >= 11 is 1.72. The van der Waals surface area contributed by atoms with Crippen LogP contribution >= 0.6 is 11.3 Å². The number of aliphatic hydroxyl groups is 1. The monoisotopic (exact) mass is 399 g/mol. The quantitative estimate of drug-likeness (QED) is 0.520. The van der Waals surface area contributed by atoms with Crippen molar-refractivity contribution in [3.05, 3.63) is 53.5 Å². The summed E-state index contributed by atoms with van der Waals surface area (Å²) in [5, 5.41) is 14.6. The lowest BCUT2D eigenvalue weighted by Gasteiger charge is -2.38. The zero-order chi connectivity index (χ0) is 19.9. The van der Waals surface area contributed by atoms with Gasteiger partial charge in [-0.1, -0.05) is 39.0 Å². The van der Waals surface area contributed by atoms with Crippen LogP contribution in [-0.2, 0) is 10.0 Å². The summed E-state index contributed by atoms with van der Waals surface area (Å²) in [6.45, 7) is 13.2. The van der Waals surface area contributed by atoms with Gasteiger partial charge < -0.3 is 9.53 Å². The summed E-state index contributed by atoms with van der Waals surface area (Å²) in [4.78, 5) is 4.56. The van der Waals surface area contributed by atoms with Crippen molar-refractivity contribution in [3.8, 4) is 11.3 Å². The van der Waals surface area contributed by atoms with Gasteiger partial charge in [-0.25, -0.2) is 0 Å². The first-order chi connectivity index (χ1) is 12.5. The van der Waals surface area contributed by atoms with Crippen LogP contribution in [0.2, 0.25) is 18.1 Å². The highest BCUT2D eigenvalue weighted by Crippen LogP contribution is 2.38. The minimum atomic E-state index is -1.93. The molecule has 1 N–H and O–H groups in total. The molecule has 3 rings (SSSR count). The van der Waals surface area contributed by atoms with E-state index in [1.165, 1.54) is 10.1 Å². The third-order valence-corrected chi connectivity index (χ3v) is 11.1. The molecule has 0 aliphatic rings. The van der Waals surface area contributed by atoms with Crippen LogP contribution in [0.3, 0.4) is 0 Å². The minimum absolute atomic E-state index is 0.112. The smallest absolute Gasteiger partial charge is 0.192 e. The SMILES string of the molecule is CC(O)(CO[Si](C)(C)C(C)(C)C)c1ccnc(-c2cccc3ccsc23)c1. The summed E-state index contributed by atoms with van der Waals surface area (Å²) in [7, 11) is -1.93. The van der Waals surface area contributed by atoms with E-state index in [1.54, 1.807) is 17.5 Å². The maximum atomic E-state index is 11.1. The van der Waals surface area contributed by atoms with Gasteiger partial charge in [-0.3, -0.25) is 4.98 Å². The van der Waals surface area contributed by atoms with Gasteiger partial charge in [-0.15, -0.1) is 11.3 Å². The number of rotatable bonds is 5. The molecule has 1 atom stereocenters. The summed E-state index contributed by atoms with van der Waals surface area (Å²) in [5.74, 6) is 0. The molecule has 0 radical (unpaired) electrons. The average Bonchev–Trinajstić information content (AvgIpc) is 3.08. The molecule has 0 saturated heterocycles. The fraction of sp³-hybridized carbons (Fsp3) is 0.409. The number of benzene rings is 1. The molecule has 0 aliphatic carbocycles. The second-order valence-electron chi connectivity index (χ2n) is 8.90. The Bertz CT molecular complexity index is 941. The van der Waals surface area contributed by atoms with Crippen LogP contribution in [0.5, 0.6) is 0 Å². The number of hydrogen-bond donors (Lipinski definition) is 1. The fourth-order valence-corrected chi connectivity index (χ4v) is 4.73. The van der Waals surface area contributed by atoms with Gasteiger partial charge >= 0.3 is 0 Å². The van der Waals surface area contributed by atoms with Gasteiger partial charge in [0.05, 0.1) is 12.3 Å². The second-order valence-corrected chi connectivity index (χ2v) is 14.6. The van der Waals surface area contributed by atoms with Gasteiger partial charge in [-0.05, 0) is 59.6 Å². The van der Waals surface area contributed by atoms with E-state index in [2.05, 4.69) is 68.5 Å². The maximum absolute atomic E-state index is 11.1. The van der Waals surface area contributed by atoms with E-state index in [0.717, 1.165) is 16.8 Å². The molecule has 144 valence electrons. The Hall–Kier alpha value is -1.53. The van der Waals surface area contributed by atoms with Gasteiger partial charge in [0.25, 0.3) is 0 Å².